The van der Waals surface area contributed by atoms with Crippen molar-refractivity contribution in [2.45, 2.75) is 65.3 Å². The highest BCUT2D eigenvalue weighted by molar-refractivity contribution is 5.26. The zero-order valence-electron chi connectivity index (χ0n) is 16.7. The predicted molar refractivity (Wildman–Crippen MR) is 111 cm³/mol. The van der Waals surface area contributed by atoms with Crippen LogP contribution in [-0.2, 0) is 0 Å². The Morgan fingerprint density at radius 2 is 1.68 bits per heavy atom. The van der Waals surface area contributed by atoms with Crippen LogP contribution in [-0.4, -0.2) is 19.1 Å². The molecule has 0 spiro atoms. The van der Waals surface area contributed by atoms with Gasteiger partial charge in [-0.15, -0.1) is 0 Å². The van der Waals surface area contributed by atoms with Gasteiger partial charge in [-0.2, -0.15) is 0 Å². The first-order chi connectivity index (χ1) is 11.8. The summed E-state index contributed by atoms with van der Waals surface area (Å²) < 4.78 is 0. The van der Waals surface area contributed by atoms with E-state index in [0.717, 1.165) is 48.0 Å². The van der Waals surface area contributed by atoms with Crippen molar-refractivity contribution >= 4 is 0 Å². The molecule has 0 amide bonds. The second kappa shape index (κ2) is 11.1. The first kappa shape index (κ1) is 21.4. The normalized spacial score (nSPS) is 15.7. The van der Waals surface area contributed by atoms with Crippen molar-refractivity contribution in [1.29, 1.82) is 0 Å². The molecule has 0 aromatic heterocycles. The summed E-state index contributed by atoms with van der Waals surface area (Å²) in [6.45, 7) is 24.7. The van der Waals surface area contributed by atoms with Crippen LogP contribution in [0.1, 0.15) is 59.3 Å². The lowest BCUT2D eigenvalue weighted by Crippen LogP contribution is -2.37. The fraction of sp³-hybridized carbons (Fsp3) is 0.636. The number of rotatable bonds is 13. The molecule has 25 heavy (non-hydrogen) atoms. The largest absolute Gasteiger partial charge is 0.386 e. The van der Waals surface area contributed by atoms with E-state index < -0.39 is 0 Å². The molecule has 3 N–H and O–H groups in total. The molecule has 1 saturated carbocycles. The lowest BCUT2D eigenvalue weighted by molar-refractivity contribution is 0.447. The Hall–Kier alpha value is -1.64. The van der Waals surface area contributed by atoms with Crippen molar-refractivity contribution in [3.63, 3.8) is 0 Å². The summed E-state index contributed by atoms with van der Waals surface area (Å²) >= 11 is 0. The average Bonchev–Trinajstić information content (AvgIpc) is 3.04. The molecule has 1 atom stereocenters. The lowest BCUT2D eigenvalue weighted by atomic mass is 9.98. The van der Waals surface area contributed by atoms with Gasteiger partial charge in [-0.05, 0) is 37.2 Å². The van der Waals surface area contributed by atoms with E-state index in [-0.39, 0.29) is 6.04 Å². The highest BCUT2D eigenvalue weighted by Crippen LogP contribution is 2.29. The van der Waals surface area contributed by atoms with Gasteiger partial charge in [-0.25, -0.2) is 0 Å². The van der Waals surface area contributed by atoms with Gasteiger partial charge in [0.1, 0.15) is 0 Å². The van der Waals surface area contributed by atoms with Crippen LogP contribution < -0.4 is 16.0 Å². The minimum atomic E-state index is 0.203. The molecule has 0 aliphatic heterocycles. The topological polar surface area (TPSA) is 36.1 Å². The van der Waals surface area contributed by atoms with Gasteiger partial charge in [-0.1, -0.05) is 65.8 Å². The second-order valence-corrected chi connectivity index (χ2v) is 7.78. The summed E-state index contributed by atoms with van der Waals surface area (Å²) in [5.74, 6) is 1.40. The van der Waals surface area contributed by atoms with Crippen molar-refractivity contribution in [3.05, 3.63) is 49.0 Å². The minimum absolute atomic E-state index is 0.203. The zero-order valence-corrected chi connectivity index (χ0v) is 16.7. The quantitative estimate of drug-likeness (QED) is 0.417. The van der Waals surface area contributed by atoms with Gasteiger partial charge in [0.05, 0.1) is 6.04 Å². The molecule has 0 saturated heterocycles. The van der Waals surface area contributed by atoms with Crippen LogP contribution in [0, 0.1) is 11.8 Å². The maximum absolute atomic E-state index is 4.27. The molecule has 0 radical (unpaired) electrons. The van der Waals surface area contributed by atoms with Crippen LogP contribution >= 0.6 is 0 Å². The maximum atomic E-state index is 4.27. The predicted octanol–water partition coefficient (Wildman–Crippen LogP) is 4.87. The molecule has 0 unspecified atom stereocenters. The van der Waals surface area contributed by atoms with Gasteiger partial charge >= 0.3 is 0 Å². The van der Waals surface area contributed by atoms with Gasteiger partial charge in [0.2, 0.25) is 0 Å². The smallest absolute Gasteiger partial charge is 0.0653 e. The SMILES string of the molecule is C=C(CC1CCCC1)N[C@@H](CC(C)C)C(=C)NCC(=C)C(=C)NCC. The first-order valence-corrected chi connectivity index (χ1v) is 9.81. The third kappa shape index (κ3) is 8.33. The maximum Gasteiger partial charge on any atom is 0.0653 e. The van der Waals surface area contributed by atoms with Crippen molar-refractivity contribution in [1.82, 2.24) is 16.0 Å². The molecule has 0 heterocycles. The molecule has 0 bridgehead atoms. The Morgan fingerprint density at radius 1 is 1.04 bits per heavy atom. The zero-order chi connectivity index (χ0) is 18.8. The third-order valence-corrected chi connectivity index (χ3v) is 4.86. The highest BCUT2D eigenvalue weighted by Gasteiger charge is 2.19. The number of likely N-dealkylation sites (N-methyl/N-ethyl adjacent to an activating group) is 1. The molecule has 0 aromatic rings. The van der Waals surface area contributed by atoms with E-state index in [0.29, 0.717) is 12.5 Å². The highest BCUT2D eigenvalue weighted by atomic mass is 15.0. The number of allylic oxidation sites excluding steroid dienone is 1. The molecule has 3 heteroatoms. The number of nitrogens with one attached hydrogen (secondary N) is 3. The number of hydrogen-bond donors (Lipinski definition) is 3. The van der Waals surface area contributed by atoms with E-state index in [4.69, 9.17) is 0 Å². The van der Waals surface area contributed by atoms with Crippen molar-refractivity contribution in [3.8, 4) is 0 Å². The standard InChI is InChI=1S/C22H39N3/c1-8-23-19(6)17(4)15-24-20(7)22(13-16(2)3)25-18(5)14-21-11-9-10-12-21/h16,21-25H,4-15H2,1-3H3/t22-/m0/s1. The molecule has 142 valence electrons. The molecular weight excluding hydrogens is 306 g/mol. The van der Waals surface area contributed by atoms with E-state index in [1.807, 2.05) is 0 Å². The Morgan fingerprint density at radius 3 is 2.24 bits per heavy atom. The molecule has 1 fully saturated rings. The Bertz CT molecular complexity index is 470. The summed E-state index contributed by atoms with van der Waals surface area (Å²) in [7, 11) is 0. The number of hydrogen-bond acceptors (Lipinski definition) is 3. The average molecular weight is 346 g/mol. The van der Waals surface area contributed by atoms with E-state index >= 15 is 0 Å². The van der Waals surface area contributed by atoms with Crippen LogP contribution in [0.3, 0.4) is 0 Å². The summed E-state index contributed by atoms with van der Waals surface area (Å²) in [4.78, 5) is 0. The lowest BCUT2D eigenvalue weighted by Gasteiger charge is -2.27. The van der Waals surface area contributed by atoms with Crippen LogP contribution in [0.5, 0.6) is 0 Å². The summed E-state index contributed by atoms with van der Waals surface area (Å²) in [5, 5.41) is 10.3. The van der Waals surface area contributed by atoms with Gasteiger partial charge in [0.25, 0.3) is 0 Å². The molecule has 1 aliphatic rings. The van der Waals surface area contributed by atoms with Gasteiger partial charge < -0.3 is 16.0 Å². The first-order valence-electron chi connectivity index (χ1n) is 9.81. The van der Waals surface area contributed by atoms with E-state index in [9.17, 15) is 0 Å². The van der Waals surface area contributed by atoms with Crippen LogP contribution in [0.2, 0.25) is 0 Å². The van der Waals surface area contributed by atoms with Crippen LogP contribution in [0.15, 0.2) is 49.0 Å². The summed E-state index contributed by atoms with van der Waals surface area (Å²) in [6, 6.07) is 0.203. The minimum Gasteiger partial charge on any atom is -0.386 e. The summed E-state index contributed by atoms with van der Waals surface area (Å²) in [5.41, 5.74) is 4.01. The Labute approximate surface area is 155 Å². The van der Waals surface area contributed by atoms with Crippen molar-refractivity contribution < 1.29 is 0 Å². The molecule has 1 aliphatic carbocycles. The second-order valence-electron chi connectivity index (χ2n) is 7.78. The summed E-state index contributed by atoms with van der Waals surface area (Å²) in [6.07, 6.45) is 7.57. The van der Waals surface area contributed by atoms with Crippen LogP contribution in [0.4, 0.5) is 0 Å². The van der Waals surface area contributed by atoms with E-state index in [1.165, 1.54) is 25.7 Å². The van der Waals surface area contributed by atoms with E-state index in [1.54, 1.807) is 0 Å². The fourth-order valence-corrected chi connectivity index (χ4v) is 3.42. The van der Waals surface area contributed by atoms with Crippen molar-refractivity contribution in [2.75, 3.05) is 13.1 Å². The van der Waals surface area contributed by atoms with Gasteiger partial charge in [-0.3, -0.25) is 0 Å². The Balaban J connectivity index is 2.51. The van der Waals surface area contributed by atoms with Gasteiger partial charge in [0.15, 0.2) is 0 Å². The third-order valence-electron chi connectivity index (χ3n) is 4.86. The van der Waals surface area contributed by atoms with E-state index in [2.05, 4.69) is 63.0 Å². The molecular formula is C22H39N3. The monoisotopic (exact) mass is 345 g/mol. The molecule has 0 aromatic carbocycles. The fourth-order valence-electron chi connectivity index (χ4n) is 3.42. The molecule has 3 nitrogen and oxygen atoms in total. The Kier molecular flexibility index (Phi) is 9.48. The molecule has 1 rings (SSSR count). The van der Waals surface area contributed by atoms with Crippen molar-refractivity contribution in [2.24, 2.45) is 11.8 Å². The van der Waals surface area contributed by atoms with Crippen LogP contribution in [0.25, 0.3) is 0 Å². The van der Waals surface area contributed by atoms with Gasteiger partial charge in [0, 0.05) is 30.2 Å².